The van der Waals surface area contributed by atoms with Crippen LogP contribution in [-0.2, 0) is 38.4 Å². The second-order valence-electron chi connectivity index (χ2n) is 11.7. The zero-order valence-electron chi connectivity index (χ0n) is 26.3. The summed E-state index contributed by atoms with van der Waals surface area (Å²) in [4.78, 5) is 56.1. The van der Waals surface area contributed by atoms with Gasteiger partial charge in [-0.3, -0.25) is 14.4 Å². The number of carboxylic acid groups (broad SMARTS) is 1. The number of carboxylic acids is 1. The molecule has 0 radical (unpaired) electrons. The smallest absolute Gasteiger partial charge is 0.326 e. The minimum atomic E-state index is -1.20. The number of fused-ring (bicyclic) bond motifs is 1. The molecule has 0 saturated carbocycles. The van der Waals surface area contributed by atoms with E-state index in [1.807, 2.05) is 31.2 Å². The lowest BCUT2D eigenvalue weighted by molar-refractivity contribution is -0.143. The fourth-order valence-corrected chi connectivity index (χ4v) is 5.27. The van der Waals surface area contributed by atoms with Crippen LogP contribution in [-0.4, -0.2) is 68.2 Å². The Balaban J connectivity index is 1.60. The molecule has 3 amide bonds. The molecule has 0 aliphatic rings. The maximum atomic E-state index is 13.9. The molecule has 0 saturated heterocycles. The molecule has 9 N–H and O–H groups in total. The Kier molecular flexibility index (Phi) is 11.6. The van der Waals surface area contributed by atoms with Crippen molar-refractivity contribution >= 4 is 34.6 Å². The molecule has 12 heteroatoms. The molecule has 12 nitrogen and oxygen atoms in total. The highest BCUT2D eigenvalue weighted by atomic mass is 16.4. The van der Waals surface area contributed by atoms with Gasteiger partial charge in [-0.05, 0) is 59.4 Å². The number of carbonyl (C=O) groups excluding carboxylic acids is 3. The van der Waals surface area contributed by atoms with Gasteiger partial charge in [-0.15, -0.1) is 0 Å². The highest BCUT2D eigenvalue weighted by molar-refractivity contribution is 5.95. The van der Waals surface area contributed by atoms with Gasteiger partial charge in [-0.1, -0.05) is 62.7 Å². The Morgan fingerprint density at radius 2 is 1.28 bits per heavy atom. The maximum Gasteiger partial charge on any atom is 0.326 e. The molecule has 5 unspecified atom stereocenters. The second kappa shape index (κ2) is 15.8. The van der Waals surface area contributed by atoms with E-state index in [0.29, 0.717) is 17.5 Å². The van der Waals surface area contributed by atoms with E-state index in [-0.39, 0.29) is 36.7 Å². The van der Waals surface area contributed by atoms with Crippen molar-refractivity contribution in [1.29, 1.82) is 0 Å². The van der Waals surface area contributed by atoms with Gasteiger partial charge < -0.3 is 42.0 Å². The van der Waals surface area contributed by atoms with Gasteiger partial charge >= 0.3 is 5.97 Å². The van der Waals surface area contributed by atoms with Crippen molar-refractivity contribution in [3.63, 3.8) is 0 Å². The summed E-state index contributed by atoms with van der Waals surface area (Å²) in [6.07, 6.45) is 2.42. The number of hydrogen-bond acceptors (Lipinski definition) is 7. The fourth-order valence-electron chi connectivity index (χ4n) is 5.27. The zero-order valence-corrected chi connectivity index (χ0v) is 26.3. The lowest BCUT2D eigenvalue weighted by Gasteiger charge is -2.27. The maximum absolute atomic E-state index is 13.9. The van der Waals surface area contributed by atoms with Gasteiger partial charge in [-0.25, -0.2) is 4.79 Å². The number of phenols is 2. The first-order valence-electron chi connectivity index (χ1n) is 15.5. The Morgan fingerprint density at radius 1 is 0.745 bits per heavy atom. The number of carbonyl (C=O) groups is 4. The SMILES string of the molecule is CCC(C)C(NC(=O)C(Cc1c[nH]c2ccccc12)NC(=O)C(Cc1ccc(O)cc1)NC(=O)C(N)Cc1ccc(O)cc1)C(=O)O. The molecule has 0 bridgehead atoms. The van der Waals surface area contributed by atoms with Gasteiger partial charge in [0.1, 0.15) is 29.6 Å². The molecule has 0 spiro atoms. The minimum Gasteiger partial charge on any atom is -0.508 e. The first kappa shape index (κ1) is 34.5. The van der Waals surface area contributed by atoms with E-state index in [2.05, 4.69) is 20.9 Å². The number of H-pyrrole nitrogens is 1. The van der Waals surface area contributed by atoms with Crippen LogP contribution in [0.25, 0.3) is 10.9 Å². The van der Waals surface area contributed by atoms with Crippen LogP contribution in [0.3, 0.4) is 0 Å². The number of phenolic OH excluding ortho intramolecular Hbond substituents is 2. The molecule has 0 fully saturated rings. The molecule has 1 aromatic heterocycles. The van der Waals surface area contributed by atoms with Gasteiger partial charge in [0, 0.05) is 29.9 Å². The van der Waals surface area contributed by atoms with Gasteiger partial charge in [-0.2, -0.15) is 0 Å². The average Bonchev–Trinajstić information content (AvgIpc) is 3.46. The third kappa shape index (κ3) is 9.33. The van der Waals surface area contributed by atoms with Crippen molar-refractivity contribution in [3.05, 3.63) is 95.7 Å². The van der Waals surface area contributed by atoms with E-state index in [1.165, 1.54) is 24.3 Å². The summed E-state index contributed by atoms with van der Waals surface area (Å²) in [5.41, 5.74) is 9.09. The van der Waals surface area contributed by atoms with Crippen molar-refractivity contribution in [3.8, 4) is 11.5 Å². The lowest BCUT2D eigenvalue weighted by atomic mass is 9.97. The summed E-state index contributed by atoms with van der Waals surface area (Å²) in [5.74, 6) is -3.45. The molecule has 0 aliphatic heterocycles. The molecule has 4 rings (SSSR count). The van der Waals surface area contributed by atoms with Crippen LogP contribution in [0.2, 0.25) is 0 Å². The largest absolute Gasteiger partial charge is 0.508 e. The number of amides is 3. The van der Waals surface area contributed by atoms with Crippen molar-refractivity contribution in [2.75, 3.05) is 0 Å². The molecule has 47 heavy (non-hydrogen) atoms. The van der Waals surface area contributed by atoms with Crippen molar-refractivity contribution in [1.82, 2.24) is 20.9 Å². The summed E-state index contributed by atoms with van der Waals surface area (Å²) in [6.45, 7) is 3.54. The van der Waals surface area contributed by atoms with Gasteiger partial charge in [0.05, 0.1) is 6.04 Å². The van der Waals surface area contributed by atoms with Crippen molar-refractivity contribution in [2.45, 2.75) is 63.7 Å². The topological polar surface area (TPSA) is 207 Å². The third-order valence-electron chi connectivity index (χ3n) is 8.25. The van der Waals surface area contributed by atoms with Crippen molar-refractivity contribution in [2.24, 2.45) is 11.7 Å². The monoisotopic (exact) mass is 643 g/mol. The van der Waals surface area contributed by atoms with Crippen LogP contribution < -0.4 is 21.7 Å². The summed E-state index contributed by atoms with van der Waals surface area (Å²) in [5, 5.41) is 38.1. The lowest BCUT2D eigenvalue weighted by Crippen LogP contribution is -2.58. The first-order chi connectivity index (χ1) is 22.4. The number of aromatic amines is 1. The van der Waals surface area contributed by atoms with Gasteiger partial charge in [0.15, 0.2) is 0 Å². The van der Waals surface area contributed by atoms with Gasteiger partial charge in [0.2, 0.25) is 17.7 Å². The van der Waals surface area contributed by atoms with E-state index in [0.717, 1.165) is 16.5 Å². The van der Waals surface area contributed by atoms with E-state index in [4.69, 9.17) is 5.73 Å². The average molecular weight is 644 g/mol. The Bertz CT molecular complexity index is 1690. The number of benzene rings is 3. The molecular formula is C35H41N5O7. The third-order valence-corrected chi connectivity index (χ3v) is 8.25. The molecule has 3 aromatic carbocycles. The zero-order chi connectivity index (χ0) is 34.1. The molecular weight excluding hydrogens is 602 g/mol. The Morgan fingerprint density at radius 3 is 1.87 bits per heavy atom. The van der Waals surface area contributed by atoms with E-state index >= 15 is 0 Å². The van der Waals surface area contributed by atoms with E-state index in [1.54, 1.807) is 37.4 Å². The van der Waals surface area contributed by atoms with Crippen LogP contribution in [0.15, 0.2) is 79.0 Å². The summed E-state index contributed by atoms with van der Waals surface area (Å²) in [7, 11) is 0. The number of aromatic nitrogens is 1. The minimum absolute atomic E-state index is 0.00975. The quantitative estimate of drug-likeness (QED) is 0.0963. The Labute approximate surface area is 272 Å². The standard InChI is InChI=1S/C35H41N5O7/c1-3-20(2)31(35(46)47)40-34(45)30(18-23-19-37-28-7-5-4-6-26(23)28)39-33(44)29(17-22-10-14-25(42)15-11-22)38-32(43)27(36)16-21-8-12-24(41)13-9-21/h4-15,19-20,27,29-31,37,41-42H,3,16-18,36H2,1-2H3,(H,38,43)(H,39,44)(H,40,45)(H,46,47). The highest BCUT2D eigenvalue weighted by Gasteiger charge is 2.32. The number of nitrogens with two attached hydrogens (primary N) is 1. The molecule has 4 aromatic rings. The van der Waals surface area contributed by atoms with Crippen molar-refractivity contribution < 1.29 is 34.5 Å². The Hall–Kier alpha value is -5.36. The van der Waals surface area contributed by atoms with Crippen LogP contribution >= 0.6 is 0 Å². The molecule has 0 aliphatic carbocycles. The summed E-state index contributed by atoms with van der Waals surface area (Å²) in [6, 6.07) is 15.2. The molecule has 1 heterocycles. The normalized spacial score (nSPS) is 14.4. The van der Waals surface area contributed by atoms with Crippen LogP contribution in [0.4, 0.5) is 0 Å². The fraction of sp³-hybridized carbons (Fsp3) is 0.314. The van der Waals surface area contributed by atoms with Crippen LogP contribution in [0.1, 0.15) is 37.0 Å². The predicted molar refractivity (Wildman–Crippen MR) is 176 cm³/mol. The first-order valence-corrected chi connectivity index (χ1v) is 15.5. The van der Waals surface area contributed by atoms with Crippen LogP contribution in [0, 0.1) is 5.92 Å². The number of nitrogens with one attached hydrogen (secondary N) is 4. The number of rotatable bonds is 15. The van der Waals surface area contributed by atoms with Crippen LogP contribution in [0.5, 0.6) is 11.5 Å². The molecule has 248 valence electrons. The number of para-hydroxylation sites is 1. The predicted octanol–water partition coefficient (Wildman–Crippen LogP) is 2.52. The summed E-state index contributed by atoms with van der Waals surface area (Å²) < 4.78 is 0. The van der Waals surface area contributed by atoms with E-state index < -0.39 is 47.9 Å². The van der Waals surface area contributed by atoms with E-state index in [9.17, 15) is 34.5 Å². The second-order valence-corrected chi connectivity index (χ2v) is 11.7. The number of hydrogen-bond donors (Lipinski definition) is 8. The number of aliphatic carboxylic acids is 1. The molecule has 5 atom stereocenters. The highest BCUT2D eigenvalue weighted by Crippen LogP contribution is 2.20. The van der Waals surface area contributed by atoms with Gasteiger partial charge in [0.25, 0.3) is 0 Å². The summed E-state index contributed by atoms with van der Waals surface area (Å²) >= 11 is 0. The number of aromatic hydroxyl groups is 2.